The van der Waals surface area contributed by atoms with E-state index in [9.17, 15) is 18.0 Å². The van der Waals surface area contributed by atoms with Crippen LogP contribution in [0.2, 0.25) is 0 Å². The first-order chi connectivity index (χ1) is 14.3. The van der Waals surface area contributed by atoms with Crippen LogP contribution in [0, 0.1) is 6.92 Å². The fourth-order valence-electron chi connectivity index (χ4n) is 3.05. The molecule has 0 saturated heterocycles. The molecule has 0 aliphatic rings. The standard InChI is InChI=1S/C22H16F3N3OS/c1-14-4-2-6-18-19(14)27-21(30-18)28(13-15-5-3-11-26-12-15)20(29)16-7-9-17(10-8-16)22(23,24)25/h2-12H,13H2,1H3. The summed E-state index contributed by atoms with van der Waals surface area (Å²) in [6.45, 7) is 2.14. The molecule has 0 spiro atoms. The Balaban J connectivity index is 1.74. The number of para-hydroxylation sites is 1. The minimum atomic E-state index is -4.46. The van der Waals surface area contributed by atoms with Crippen LogP contribution in [0.15, 0.2) is 67.0 Å². The molecular formula is C22H16F3N3OS. The van der Waals surface area contributed by atoms with Gasteiger partial charge in [-0.3, -0.25) is 14.7 Å². The van der Waals surface area contributed by atoms with Gasteiger partial charge in [0.1, 0.15) is 0 Å². The molecule has 4 rings (SSSR count). The number of amides is 1. The Bertz CT molecular complexity index is 1190. The van der Waals surface area contributed by atoms with Crippen molar-refractivity contribution in [3.05, 3.63) is 89.2 Å². The van der Waals surface area contributed by atoms with Gasteiger partial charge in [-0.2, -0.15) is 13.2 Å². The molecule has 0 fully saturated rings. The van der Waals surface area contributed by atoms with Gasteiger partial charge < -0.3 is 0 Å². The second-order valence-electron chi connectivity index (χ2n) is 6.75. The van der Waals surface area contributed by atoms with Crippen molar-refractivity contribution >= 4 is 32.6 Å². The molecule has 0 saturated carbocycles. The van der Waals surface area contributed by atoms with Crippen molar-refractivity contribution in [3.8, 4) is 0 Å². The maximum Gasteiger partial charge on any atom is 0.416 e. The number of hydrogen-bond donors (Lipinski definition) is 0. The van der Waals surface area contributed by atoms with E-state index in [2.05, 4.69) is 9.97 Å². The molecule has 30 heavy (non-hydrogen) atoms. The molecular weight excluding hydrogens is 411 g/mol. The molecule has 0 aliphatic carbocycles. The molecule has 0 unspecified atom stereocenters. The van der Waals surface area contributed by atoms with Crippen LogP contribution in [0.25, 0.3) is 10.2 Å². The van der Waals surface area contributed by atoms with E-state index in [1.165, 1.54) is 28.4 Å². The van der Waals surface area contributed by atoms with Crippen molar-refractivity contribution < 1.29 is 18.0 Å². The lowest BCUT2D eigenvalue weighted by atomic mass is 10.1. The van der Waals surface area contributed by atoms with Gasteiger partial charge in [-0.05, 0) is 54.4 Å². The lowest BCUT2D eigenvalue weighted by molar-refractivity contribution is -0.137. The highest BCUT2D eigenvalue weighted by molar-refractivity contribution is 7.22. The van der Waals surface area contributed by atoms with Crippen molar-refractivity contribution in [2.75, 3.05) is 4.90 Å². The minimum Gasteiger partial charge on any atom is -0.279 e. The average Bonchev–Trinajstić information content (AvgIpc) is 3.17. The summed E-state index contributed by atoms with van der Waals surface area (Å²) in [5.41, 5.74) is 1.93. The van der Waals surface area contributed by atoms with Gasteiger partial charge in [0, 0.05) is 18.0 Å². The Morgan fingerprint density at radius 2 is 1.83 bits per heavy atom. The number of anilines is 1. The molecule has 4 nitrogen and oxygen atoms in total. The van der Waals surface area contributed by atoms with Crippen LogP contribution in [-0.2, 0) is 12.7 Å². The smallest absolute Gasteiger partial charge is 0.279 e. The number of carbonyl (C=O) groups excluding carboxylic acids is 1. The predicted octanol–water partition coefficient (Wildman–Crippen LogP) is 5.87. The quantitative estimate of drug-likeness (QED) is 0.409. The van der Waals surface area contributed by atoms with E-state index in [0.717, 1.165) is 33.5 Å². The third-order valence-corrected chi connectivity index (χ3v) is 5.65. The van der Waals surface area contributed by atoms with Gasteiger partial charge in [0.2, 0.25) is 0 Å². The Hall–Kier alpha value is -3.26. The predicted molar refractivity (Wildman–Crippen MR) is 111 cm³/mol. The molecule has 2 aromatic carbocycles. The summed E-state index contributed by atoms with van der Waals surface area (Å²) >= 11 is 1.36. The molecule has 0 atom stereocenters. The summed E-state index contributed by atoms with van der Waals surface area (Å²) in [5.74, 6) is -0.427. The third kappa shape index (κ3) is 4.04. The first-order valence-corrected chi connectivity index (χ1v) is 9.89. The fourth-order valence-corrected chi connectivity index (χ4v) is 4.09. The third-order valence-electron chi connectivity index (χ3n) is 4.61. The van der Waals surface area contributed by atoms with E-state index in [0.29, 0.717) is 5.13 Å². The van der Waals surface area contributed by atoms with Gasteiger partial charge in [0.25, 0.3) is 5.91 Å². The van der Waals surface area contributed by atoms with Crippen LogP contribution in [0.4, 0.5) is 18.3 Å². The number of halogens is 3. The number of thiazole rings is 1. The summed E-state index contributed by atoms with van der Waals surface area (Å²) in [5, 5.41) is 0.480. The van der Waals surface area contributed by atoms with Crippen LogP contribution in [0.1, 0.15) is 27.0 Å². The number of nitrogens with zero attached hydrogens (tertiary/aromatic N) is 3. The van der Waals surface area contributed by atoms with E-state index in [1.807, 2.05) is 31.2 Å². The van der Waals surface area contributed by atoms with E-state index in [-0.39, 0.29) is 12.1 Å². The molecule has 0 N–H and O–H groups in total. The first-order valence-electron chi connectivity index (χ1n) is 9.07. The highest BCUT2D eigenvalue weighted by Crippen LogP contribution is 2.33. The topological polar surface area (TPSA) is 46.1 Å². The monoisotopic (exact) mass is 427 g/mol. The Morgan fingerprint density at radius 3 is 2.47 bits per heavy atom. The Morgan fingerprint density at radius 1 is 1.07 bits per heavy atom. The maximum atomic E-state index is 13.3. The summed E-state index contributed by atoms with van der Waals surface area (Å²) in [6, 6.07) is 13.6. The molecule has 4 aromatic rings. The molecule has 2 heterocycles. The van der Waals surface area contributed by atoms with Gasteiger partial charge in [0.05, 0.1) is 22.3 Å². The average molecular weight is 427 g/mol. The minimum absolute atomic E-state index is 0.155. The number of alkyl halides is 3. The van der Waals surface area contributed by atoms with Crippen LogP contribution < -0.4 is 4.90 Å². The van der Waals surface area contributed by atoms with Crippen LogP contribution in [0.3, 0.4) is 0 Å². The molecule has 2 aromatic heterocycles. The zero-order valence-corrected chi connectivity index (χ0v) is 16.7. The summed E-state index contributed by atoms with van der Waals surface area (Å²) in [4.78, 5) is 23.5. The summed E-state index contributed by atoms with van der Waals surface area (Å²) < 4.78 is 39.6. The maximum absolute atomic E-state index is 13.3. The lowest BCUT2D eigenvalue weighted by Crippen LogP contribution is -2.30. The van der Waals surface area contributed by atoms with E-state index >= 15 is 0 Å². The van der Waals surface area contributed by atoms with Gasteiger partial charge in [-0.1, -0.05) is 29.5 Å². The number of aromatic nitrogens is 2. The summed E-state index contributed by atoms with van der Waals surface area (Å²) in [6.07, 6.45) is -1.18. The Labute approximate surface area is 174 Å². The number of benzene rings is 2. The number of fused-ring (bicyclic) bond motifs is 1. The van der Waals surface area contributed by atoms with E-state index < -0.39 is 17.6 Å². The van der Waals surface area contributed by atoms with Crippen molar-refractivity contribution in [1.29, 1.82) is 0 Å². The molecule has 8 heteroatoms. The molecule has 0 aliphatic heterocycles. The number of hydrogen-bond acceptors (Lipinski definition) is 4. The Kier molecular flexibility index (Phi) is 5.26. The zero-order valence-electron chi connectivity index (χ0n) is 15.8. The highest BCUT2D eigenvalue weighted by atomic mass is 32.1. The van der Waals surface area contributed by atoms with Gasteiger partial charge in [0.15, 0.2) is 5.13 Å². The van der Waals surface area contributed by atoms with Crippen molar-refractivity contribution in [2.24, 2.45) is 0 Å². The van der Waals surface area contributed by atoms with Crippen molar-refractivity contribution in [2.45, 2.75) is 19.6 Å². The number of rotatable bonds is 4. The molecule has 0 radical (unpaired) electrons. The largest absolute Gasteiger partial charge is 0.416 e. The van der Waals surface area contributed by atoms with Crippen LogP contribution in [-0.4, -0.2) is 15.9 Å². The molecule has 0 bridgehead atoms. The number of pyridine rings is 1. The highest BCUT2D eigenvalue weighted by Gasteiger charge is 2.31. The van der Waals surface area contributed by atoms with Crippen LogP contribution in [0.5, 0.6) is 0 Å². The number of carbonyl (C=O) groups is 1. The van der Waals surface area contributed by atoms with Crippen molar-refractivity contribution in [3.63, 3.8) is 0 Å². The second kappa shape index (κ2) is 7.87. The molecule has 1 amide bonds. The SMILES string of the molecule is Cc1cccc2sc(N(Cc3cccnc3)C(=O)c3ccc(C(F)(F)F)cc3)nc12. The first kappa shape index (κ1) is 20.0. The van der Waals surface area contributed by atoms with Gasteiger partial charge in [-0.15, -0.1) is 0 Å². The van der Waals surface area contributed by atoms with Crippen molar-refractivity contribution in [1.82, 2.24) is 9.97 Å². The normalized spacial score (nSPS) is 11.6. The van der Waals surface area contributed by atoms with E-state index in [4.69, 9.17) is 0 Å². The second-order valence-corrected chi connectivity index (χ2v) is 7.75. The number of aryl methyl sites for hydroxylation is 1. The van der Waals surface area contributed by atoms with E-state index in [1.54, 1.807) is 18.5 Å². The fraction of sp³-hybridized carbons (Fsp3) is 0.136. The molecule has 152 valence electrons. The van der Waals surface area contributed by atoms with Gasteiger partial charge >= 0.3 is 6.18 Å². The van der Waals surface area contributed by atoms with Crippen LogP contribution >= 0.6 is 11.3 Å². The van der Waals surface area contributed by atoms with Gasteiger partial charge in [-0.25, -0.2) is 4.98 Å². The lowest BCUT2D eigenvalue weighted by Gasteiger charge is -2.20. The zero-order chi connectivity index (χ0) is 21.3. The summed E-state index contributed by atoms with van der Waals surface area (Å²) in [7, 11) is 0.